The Morgan fingerprint density at radius 1 is 1.19 bits per heavy atom. The molecule has 0 aliphatic carbocycles. The molecular formula is C26H33N3O3. The molecule has 2 aromatic rings. The average molecular weight is 436 g/mol. The molecule has 2 amide bonds. The van der Waals surface area contributed by atoms with Crippen LogP contribution in [0.4, 0.5) is 0 Å². The number of nitrogens with one attached hydrogen (secondary N) is 1. The summed E-state index contributed by atoms with van der Waals surface area (Å²) in [5, 5.41) is 3.14. The minimum absolute atomic E-state index is 0.0841. The molecule has 2 aliphatic rings. The van der Waals surface area contributed by atoms with Crippen LogP contribution >= 0.6 is 0 Å². The summed E-state index contributed by atoms with van der Waals surface area (Å²) < 4.78 is 5.60. The van der Waals surface area contributed by atoms with E-state index in [1.807, 2.05) is 29.3 Å². The fourth-order valence-electron chi connectivity index (χ4n) is 4.88. The fraction of sp³-hybridized carbons (Fsp3) is 0.500. The monoisotopic (exact) mass is 435 g/mol. The Morgan fingerprint density at radius 2 is 2.00 bits per heavy atom. The predicted octanol–water partition coefficient (Wildman–Crippen LogP) is 3.61. The van der Waals surface area contributed by atoms with Crippen molar-refractivity contribution in [3.63, 3.8) is 0 Å². The van der Waals surface area contributed by atoms with Gasteiger partial charge in [0.1, 0.15) is 6.10 Å². The Morgan fingerprint density at radius 3 is 2.69 bits per heavy atom. The van der Waals surface area contributed by atoms with Crippen molar-refractivity contribution >= 4 is 11.8 Å². The molecular weight excluding hydrogens is 402 g/mol. The number of carbonyl (C=O) groups excluding carboxylic acids is 2. The number of piperidine rings is 1. The Kier molecular flexibility index (Phi) is 7.20. The van der Waals surface area contributed by atoms with Crippen LogP contribution in [0.2, 0.25) is 0 Å². The van der Waals surface area contributed by atoms with Crippen LogP contribution in [0.5, 0.6) is 0 Å². The Hall–Kier alpha value is -2.73. The van der Waals surface area contributed by atoms with Gasteiger partial charge in [-0.05, 0) is 55.7 Å². The summed E-state index contributed by atoms with van der Waals surface area (Å²) in [5.74, 6) is 0.186. The van der Waals surface area contributed by atoms with Gasteiger partial charge in [0.2, 0.25) is 5.91 Å². The minimum Gasteiger partial charge on any atom is -0.368 e. The molecule has 32 heavy (non-hydrogen) atoms. The Labute approximate surface area is 190 Å². The SMILES string of the molecule is CCCNC(=O)C1(Cc2ccccc2-c2cccnc2)CCN(C(=O)C2CCCO2)CC1. The van der Waals surface area contributed by atoms with Crippen molar-refractivity contribution in [2.45, 2.75) is 51.6 Å². The number of benzene rings is 1. The van der Waals surface area contributed by atoms with E-state index in [1.54, 1.807) is 6.20 Å². The van der Waals surface area contributed by atoms with Crippen molar-refractivity contribution in [3.8, 4) is 11.1 Å². The van der Waals surface area contributed by atoms with E-state index < -0.39 is 5.41 Å². The van der Waals surface area contributed by atoms with Crippen molar-refractivity contribution in [1.29, 1.82) is 0 Å². The molecule has 6 nitrogen and oxygen atoms in total. The number of ether oxygens (including phenoxy) is 1. The van der Waals surface area contributed by atoms with Crippen LogP contribution in [0.1, 0.15) is 44.6 Å². The van der Waals surface area contributed by atoms with E-state index in [2.05, 4.69) is 35.4 Å². The molecule has 1 N–H and O–H groups in total. The molecule has 0 spiro atoms. The summed E-state index contributed by atoms with van der Waals surface area (Å²) in [7, 11) is 0. The number of amides is 2. The average Bonchev–Trinajstić information content (AvgIpc) is 3.38. The van der Waals surface area contributed by atoms with Crippen molar-refractivity contribution in [1.82, 2.24) is 15.2 Å². The molecule has 2 fully saturated rings. The number of nitrogens with zero attached hydrogens (tertiary/aromatic N) is 2. The van der Waals surface area contributed by atoms with E-state index in [0.717, 1.165) is 36.0 Å². The number of aromatic nitrogens is 1. The van der Waals surface area contributed by atoms with Crippen LogP contribution in [-0.4, -0.2) is 54.0 Å². The lowest BCUT2D eigenvalue weighted by Gasteiger charge is -2.41. The summed E-state index contributed by atoms with van der Waals surface area (Å²) >= 11 is 0. The summed E-state index contributed by atoms with van der Waals surface area (Å²) in [4.78, 5) is 32.4. The molecule has 4 rings (SSSR count). The number of hydrogen-bond acceptors (Lipinski definition) is 4. The van der Waals surface area contributed by atoms with Gasteiger partial charge in [0, 0.05) is 44.2 Å². The number of hydrogen-bond donors (Lipinski definition) is 1. The van der Waals surface area contributed by atoms with E-state index in [0.29, 0.717) is 45.5 Å². The molecule has 2 saturated heterocycles. The van der Waals surface area contributed by atoms with E-state index in [4.69, 9.17) is 4.74 Å². The molecule has 1 unspecified atom stereocenters. The van der Waals surface area contributed by atoms with Gasteiger partial charge < -0.3 is 15.0 Å². The van der Waals surface area contributed by atoms with E-state index in [9.17, 15) is 9.59 Å². The number of likely N-dealkylation sites (tertiary alicyclic amines) is 1. The van der Waals surface area contributed by atoms with Crippen molar-refractivity contribution < 1.29 is 14.3 Å². The van der Waals surface area contributed by atoms with Gasteiger partial charge in [-0.25, -0.2) is 0 Å². The largest absolute Gasteiger partial charge is 0.368 e. The van der Waals surface area contributed by atoms with Gasteiger partial charge in [0.15, 0.2) is 0 Å². The number of carbonyl (C=O) groups is 2. The molecule has 1 aromatic heterocycles. The standard InChI is InChI=1S/C26H33N3O3/c1-2-13-28-25(31)26(11-15-29(16-12-26)24(30)23-10-6-17-32-23)18-20-7-3-4-9-22(20)21-8-5-14-27-19-21/h3-5,7-9,14,19,23H,2,6,10-13,15-18H2,1H3,(H,28,31). The Balaban J connectivity index is 1.56. The van der Waals surface area contributed by atoms with Crippen LogP contribution in [0.15, 0.2) is 48.8 Å². The first kappa shape index (κ1) is 22.5. The maximum Gasteiger partial charge on any atom is 0.251 e. The van der Waals surface area contributed by atoms with Crippen LogP contribution in [-0.2, 0) is 20.7 Å². The topological polar surface area (TPSA) is 71.5 Å². The van der Waals surface area contributed by atoms with Gasteiger partial charge in [-0.2, -0.15) is 0 Å². The molecule has 6 heteroatoms. The van der Waals surface area contributed by atoms with Crippen LogP contribution in [0, 0.1) is 5.41 Å². The van der Waals surface area contributed by atoms with Crippen LogP contribution in [0.3, 0.4) is 0 Å². The third kappa shape index (κ3) is 4.85. The highest BCUT2D eigenvalue weighted by Gasteiger charge is 2.43. The molecule has 3 heterocycles. The third-order valence-corrected chi connectivity index (χ3v) is 6.77. The zero-order valence-corrected chi connectivity index (χ0v) is 18.9. The zero-order chi connectivity index (χ0) is 22.4. The van der Waals surface area contributed by atoms with Crippen LogP contribution in [0.25, 0.3) is 11.1 Å². The van der Waals surface area contributed by atoms with Gasteiger partial charge in [-0.1, -0.05) is 37.3 Å². The molecule has 0 bridgehead atoms. The third-order valence-electron chi connectivity index (χ3n) is 6.77. The lowest BCUT2D eigenvalue weighted by Crippen LogP contribution is -2.53. The maximum atomic E-state index is 13.4. The van der Waals surface area contributed by atoms with Crippen molar-refractivity contribution in [2.75, 3.05) is 26.2 Å². The van der Waals surface area contributed by atoms with Crippen molar-refractivity contribution in [3.05, 3.63) is 54.4 Å². The molecule has 1 atom stereocenters. The lowest BCUT2D eigenvalue weighted by molar-refractivity contribution is -0.146. The van der Waals surface area contributed by atoms with Gasteiger partial charge in [-0.3, -0.25) is 14.6 Å². The van der Waals surface area contributed by atoms with E-state index in [1.165, 1.54) is 0 Å². The van der Waals surface area contributed by atoms with Gasteiger partial charge in [0.25, 0.3) is 5.91 Å². The summed E-state index contributed by atoms with van der Waals surface area (Å²) in [5.41, 5.74) is 2.78. The first-order chi connectivity index (χ1) is 15.6. The molecule has 170 valence electrons. The molecule has 2 aliphatic heterocycles. The predicted molar refractivity (Wildman–Crippen MR) is 124 cm³/mol. The first-order valence-electron chi connectivity index (χ1n) is 11.8. The molecule has 0 radical (unpaired) electrons. The first-order valence-corrected chi connectivity index (χ1v) is 11.8. The van der Waals surface area contributed by atoms with Crippen molar-refractivity contribution in [2.24, 2.45) is 5.41 Å². The highest BCUT2D eigenvalue weighted by atomic mass is 16.5. The Bertz CT molecular complexity index is 917. The lowest BCUT2D eigenvalue weighted by atomic mass is 9.72. The van der Waals surface area contributed by atoms with Gasteiger partial charge in [-0.15, -0.1) is 0 Å². The second-order valence-electron chi connectivity index (χ2n) is 8.94. The zero-order valence-electron chi connectivity index (χ0n) is 18.9. The van der Waals surface area contributed by atoms with Gasteiger partial charge in [0.05, 0.1) is 5.41 Å². The quantitative estimate of drug-likeness (QED) is 0.721. The summed E-state index contributed by atoms with van der Waals surface area (Å²) in [6.07, 6.45) is 7.94. The maximum absolute atomic E-state index is 13.4. The smallest absolute Gasteiger partial charge is 0.251 e. The van der Waals surface area contributed by atoms with Crippen LogP contribution < -0.4 is 5.32 Å². The summed E-state index contributed by atoms with van der Waals surface area (Å²) in [6.45, 7) is 4.58. The van der Waals surface area contributed by atoms with E-state index in [-0.39, 0.29) is 17.9 Å². The second kappa shape index (κ2) is 10.3. The normalized spacial score (nSPS) is 20.2. The fourth-order valence-corrected chi connectivity index (χ4v) is 4.88. The second-order valence-corrected chi connectivity index (χ2v) is 8.94. The molecule has 1 aromatic carbocycles. The molecule has 0 saturated carbocycles. The van der Waals surface area contributed by atoms with Gasteiger partial charge >= 0.3 is 0 Å². The number of rotatable bonds is 7. The minimum atomic E-state index is -0.527. The highest BCUT2D eigenvalue weighted by molar-refractivity contribution is 5.85. The summed E-state index contributed by atoms with van der Waals surface area (Å²) in [6, 6.07) is 12.3. The highest BCUT2D eigenvalue weighted by Crippen LogP contribution is 2.38. The number of pyridine rings is 1. The van der Waals surface area contributed by atoms with E-state index >= 15 is 0 Å².